The maximum atomic E-state index is 12.6. The molecule has 2 aliphatic rings. The second-order valence-electron chi connectivity index (χ2n) is 8.28. The maximum absolute atomic E-state index is 12.6. The van der Waals surface area contributed by atoms with Crippen molar-refractivity contribution in [1.82, 2.24) is 4.90 Å². The SMILES string of the molecule is COc1ccc(OCC(=O)N2CCC3(CC2)CC(OCCOC(C)C)CCO3)cc1. The van der Waals surface area contributed by atoms with Crippen LogP contribution in [-0.4, -0.2) is 75.2 Å². The van der Waals surface area contributed by atoms with Crippen molar-refractivity contribution in [3.63, 3.8) is 0 Å². The van der Waals surface area contributed by atoms with E-state index >= 15 is 0 Å². The van der Waals surface area contributed by atoms with E-state index in [-0.39, 0.29) is 30.3 Å². The van der Waals surface area contributed by atoms with Gasteiger partial charge in [0.2, 0.25) is 0 Å². The molecule has 1 amide bonds. The van der Waals surface area contributed by atoms with E-state index in [1.165, 1.54) is 0 Å². The van der Waals surface area contributed by atoms with Gasteiger partial charge in [-0.25, -0.2) is 0 Å². The molecule has 168 valence electrons. The van der Waals surface area contributed by atoms with Crippen LogP contribution in [0.2, 0.25) is 0 Å². The van der Waals surface area contributed by atoms with Crippen LogP contribution in [0.3, 0.4) is 0 Å². The number of methoxy groups -OCH3 is 1. The predicted octanol–water partition coefficient (Wildman–Crippen LogP) is 3.06. The first-order valence-electron chi connectivity index (χ1n) is 10.9. The summed E-state index contributed by atoms with van der Waals surface area (Å²) < 4.78 is 28.5. The number of hydrogen-bond acceptors (Lipinski definition) is 6. The van der Waals surface area contributed by atoms with Crippen molar-refractivity contribution in [2.45, 2.75) is 57.3 Å². The molecule has 30 heavy (non-hydrogen) atoms. The third-order valence-corrected chi connectivity index (χ3v) is 5.78. The van der Waals surface area contributed by atoms with Gasteiger partial charge in [0, 0.05) is 26.1 Å². The van der Waals surface area contributed by atoms with Crippen molar-refractivity contribution in [3.05, 3.63) is 24.3 Å². The zero-order valence-electron chi connectivity index (χ0n) is 18.4. The molecule has 0 aromatic heterocycles. The van der Waals surface area contributed by atoms with Gasteiger partial charge in [-0.1, -0.05) is 0 Å². The van der Waals surface area contributed by atoms with Crippen LogP contribution in [0.25, 0.3) is 0 Å². The summed E-state index contributed by atoms with van der Waals surface area (Å²) in [7, 11) is 1.62. The monoisotopic (exact) mass is 421 g/mol. The summed E-state index contributed by atoms with van der Waals surface area (Å²) in [5.74, 6) is 1.43. The molecule has 1 atom stereocenters. The molecule has 7 nitrogen and oxygen atoms in total. The van der Waals surface area contributed by atoms with Crippen molar-refractivity contribution in [1.29, 1.82) is 0 Å². The van der Waals surface area contributed by atoms with Crippen LogP contribution >= 0.6 is 0 Å². The van der Waals surface area contributed by atoms with Gasteiger partial charge >= 0.3 is 0 Å². The summed E-state index contributed by atoms with van der Waals surface area (Å²) in [5, 5.41) is 0. The first-order valence-corrected chi connectivity index (χ1v) is 10.9. The van der Waals surface area contributed by atoms with Crippen molar-refractivity contribution in [2.75, 3.05) is 46.6 Å². The highest BCUT2D eigenvalue weighted by Crippen LogP contribution is 2.36. The molecule has 0 radical (unpaired) electrons. The lowest BCUT2D eigenvalue weighted by molar-refractivity contribution is -0.164. The number of likely N-dealkylation sites (tertiary alicyclic amines) is 1. The van der Waals surface area contributed by atoms with Crippen molar-refractivity contribution in [3.8, 4) is 11.5 Å². The summed E-state index contributed by atoms with van der Waals surface area (Å²) in [6.45, 7) is 7.43. The Hall–Kier alpha value is -1.83. The number of carbonyl (C=O) groups excluding carboxylic acids is 1. The Morgan fingerprint density at radius 3 is 2.53 bits per heavy atom. The van der Waals surface area contributed by atoms with E-state index in [4.69, 9.17) is 23.7 Å². The van der Waals surface area contributed by atoms with Crippen LogP contribution in [0.4, 0.5) is 0 Å². The minimum Gasteiger partial charge on any atom is -0.497 e. The molecule has 1 spiro atoms. The van der Waals surface area contributed by atoms with Gasteiger partial charge in [-0.15, -0.1) is 0 Å². The van der Waals surface area contributed by atoms with Crippen molar-refractivity contribution in [2.24, 2.45) is 0 Å². The minimum absolute atomic E-state index is 0.00936. The highest BCUT2D eigenvalue weighted by atomic mass is 16.5. The van der Waals surface area contributed by atoms with E-state index in [0.717, 1.165) is 31.4 Å². The van der Waals surface area contributed by atoms with Crippen LogP contribution in [-0.2, 0) is 19.0 Å². The lowest BCUT2D eigenvalue weighted by atomic mass is 9.83. The summed E-state index contributed by atoms with van der Waals surface area (Å²) in [6.07, 6.45) is 3.91. The smallest absolute Gasteiger partial charge is 0.260 e. The van der Waals surface area contributed by atoms with Crippen LogP contribution in [0.1, 0.15) is 39.5 Å². The Labute approximate surface area is 179 Å². The number of ether oxygens (including phenoxy) is 5. The molecule has 2 saturated heterocycles. The molecule has 7 heteroatoms. The Balaban J connectivity index is 1.40. The van der Waals surface area contributed by atoms with E-state index in [2.05, 4.69) is 0 Å². The average Bonchev–Trinajstić information content (AvgIpc) is 2.76. The van der Waals surface area contributed by atoms with Gasteiger partial charge in [-0.05, 0) is 57.4 Å². The molecule has 1 aromatic rings. The van der Waals surface area contributed by atoms with Crippen molar-refractivity contribution < 1.29 is 28.5 Å². The fourth-order valence-electron chi connectivity index (χ4n) is 4.04. The maximum Gasteiger partial charge on any atom is 0.260 e. The lowest BCUT2D eigenvalue weighted by Gasteiger charge is -2.46. The number of amides is 1. The highest BCUT2D eigenvalue weighted by molar-refractivity contribution is 5.77. The van der Waals surface area contributed by atoms with E-state index < -0.39 is 0 Å². The normalized spacial score (nSPS) is 21.1. The molecule has 1 unspecified atom stereocenters. The van der Waals surface area contributed by atoms with Crippen LogP contribution in [0.5, 0.6) is 11.5 Å². The summed E-state index contributed by atoms with van der Waals surface area (Å²) in [4.78, 5) is 14.4. The second-order valence-corrected chi connectivity index (χ2v) is 8.28. The van der Waals surface area contributed by atoms with Crippen molar-refractivity contribution >= 4 is 5.91 Å². The molecule has 0 saturated carbocycles. The topological polar surface area (TPSA) is 66.5 Å². The molecule has 2 heterocycles. The zero-order valence-corrected chi connectivity index (χ0v) is 18.4. The molecule has 1 aromatic carbocycles. The number of piperidine rings is 1. The number of rotatable bonds is 9. The summed E-state index contributed by atoms with van der Waals surface area (Å²) in [6, 6.07) is 7.25. The van der Waals surface area contributed by atoms with E-state index in [1.807, 2.05) is 30.9 Å². The molecule has 3 rings (SSSR count). The Kier molecular flexibility index (Phi) is 8.36. The van der Waals surface area contributed by atoms with Crippen LogP contribution in [0.15, 0.2) is 24.3 Å². The average molecular weight is 422 g/mol. The van der Waals surface area contributed by atoms with Gasteiger partial charge in [0.05, 0.1) is 38.1 Å². The van der Waals surface area contributed by atoms with E-state index in [1.54, 1.807) is 19.2 Å². The molecule has 2 aliphatic heterocycles. The van der Waals surface area contributed by atoms with Gasteiger partial charge < -0.3 is 28.6 Å². The van der Waals surface area contributed by atoms with Gasteiger partial charge in [-0.3, -0.25) is 4.79 Å². The fourth-order valence-corrected chi connectivity index (χ4v) is 4.04. The molecule has 0 bridgehead atoms. The first-order chi connectivity index (χ1) is 14.5. The Morgan fingerprint density at radius 2 is 1.87 bits per heavy atom. The first kappa shape index (κ1) is 22.8. The number of nitrogens with zero attached hydrogens (tertiary/aromatic N) is 1. The Morgan fingerprint density at radius 1 is 1.17 bits per heavy atom. The summed E-state index contributed by atoms with van der Waals surface area (Å²) in [5.41, 5.74) is -0.171. The third-order valence-electron chi connectivity index (χ3n) is 5.78. The second kappa shape index (κ2) is 11.0. The number of hydrogen-bond donors (Lipinski definition) is 0. The molecule has 0 N–H and O–H groups in total. The standard InChI is InChI=1S/C23H35NO6/c1-18(2)27-14-15-28-21-8-13-30-23(16-21)9-11-24(12-10-23)22(25)17-29-20-6-4-19(26-3)5-7-20/h4-7,18,21H,8-17H2,1-3H3. The molecule has 0 aliphatic carbocycles. The zero-order chi connectivity index (χ0) is 21.4. The van der Waals surface area contributed by atoms with Crippen LogP contribution in [0, 0.1) is 0 Å². The van der Waals surface area contributed by atoms with Crippen LogP contribution < -0.4 is 9.47 Å². The summed E-state index contributed by atoms with van der Waals surface area (Å²) >= 11 is 0. The van der Waals surface area contributed by atoms with Gasteiger partial charge in [0.1, 0.15) is 11.5 Å². The van der Waals surface area contributed by atoms with Gasteiger partial charge in [0.15, 0.2) is 6.61 Å². The highest BCUT2D eigenvalue weighted by Gasteiger charge is 2.41. The lowest BCUT2D eigenvalue weighted by Crippen LogP contribution is -2.52. The largest absolute Gasteiger partial charge is 0.497 e. The fraction of sp³-hybridized carbons (Fsp3) is 0.696. The van der Waals surface area contributed by atoms with E-state index in [9.17, 15) is 4.79 Å². The molecular weight excluding hydrogens is 386 g/mol. The third kappa shape index (κ3) is 6.59. The molecule has 2 fully saturated rings. The van der Waals surface area contributed by atoms with E-state index in [0.29, 0.717) is 38.7 Å². The number of benzene rings is 1. The minimum atomic E-state index is -0.171. The predicted molar refractivity (Wildman–Crippen MR) is 113 cm³/mol. The van der Waals surface area contributed by atoms with Gasteiger partial charge in [0.25, 0.3) is 5.91 Å². The Bertz CT molecular complexity index is 654. The van der Waals surface area contributed by atoms with Gasteiger partial charge in [-0.2, -0.15) is 0 Å². The molecular formula is C23H35NO6. The quantitative estimate of drug-likeness (QED) is 0.571. The number of carbonyl (C=O) groups is 1.